The molecule has 0 amide bonds. The quantitative estimate of drug-likeness (QED) is 0.851. The van der Waals surface area contributed by atoms with Gasteiger partial charge in [-0.3, -0.25) is 0 Å². The van der Waals surface area contributed by atoms with Crippen molar-refractivity contribution >= 4 is 39.2 Å². The summed E-state index contributed by atoms with van der Waals surface area (Å²) in [5, 5.41) is 0.936. The lowest BCUT2D eigenvalue weighted by molar-refractivity contribution is 1.06. The van der Waals surface area contributed by atoms with Crippen LogP contribution in [0.5, 0.6) is 0 Å². The van der Waals surface area contributed by atoms with Gasteiger partial charge in [0.05, 0.1) is 4.47 Å². The number of aryl methyl sites for hydroxylation is 2. The molecule has 2 aromatic heterocycles. The summed E-state index contributed by atoms with van der Waals surface area (Å²) in [5.74, 6) is 0.811. The molecule has 0 N–H and O–H groups in total. The first kappa shape index (κ1) is 11.0. The van der Waals surface area contributed by atoms with Gasteiger partial charge in [0.25, 0.3) is 0 Å². The third-order valence-corrected chi connectivity index (χ3v) is 4.85. The highest BCUT2D eigenvalue weighted by molar-refractivity contribution is 9.10. The van der Waals surface area contributed by atoms with Crippen LogP contribution in [0.2, 0.25) is 0 Å². The molecule has 78 valence electrons. The summed E-state index contributed by atoms with van der Waals surface area (Å²) in [4.78, 5) is 8.58. The monoisotopic (exact) mass is 301 g/mol. The zero-order valence-corrected chi connectivity index (χ0v) is 11.4. The van der Waals surface area contributed by atoms with Crippen LogP contribution in [0.25, 0.3) is 0 Å². The second-order valence-electron chi connectivity index (χ2n) is 2.96. The second kappa shape index (κ2) is 4.59. The smallest absolute Gasteiger partial charge is 0.176 e. The number of pyridine rings is 1. The number of nitrogens with zero attached hydrogens (tertiary/aromatic N) is 3. The predicted molar refractivity (Wildman–Crippen MR) is 65.4 cm³/mol. The molecule has 15 heavy (non-hydrogen) atoms. The van der Waals surface area contributed by atoms with Crippen LogP contribution in [0.3, 0.4) is 0 Å². The Bertz CT molecular complexity index is 484. The molecule has 2 aromatic rings. The first-order chi connectivity index (χ1) is 7.16. The molecule has 0 bridgehead atoms. The van der Waals surface area contributed by atoms with E-state index in [-0.39, 0.29) is 0 Å². The minimum absolute atomic E-state index is 0.811. The highest BCUT2D eigenvalue weighted by atomic mass is 79.9. The van der Waals surface area contributed by atoms with Gasteiger partial charge in [-0.2, -0.15) is 4.37 Å². The Morgan fingerprint density at radius 1 is 1.40 bits per heavy atom. The van der Waals surface area contributed by atoms with E-state index in [1.807, 2.05) is 19.9 Å². The van der Waals surface area contributed by atoms with E-state index in [0.717, 1.165) is 19.7 Å². The van der Waals surface area contributed by atoms with Gasteiger partial charge in [-0.25, -0.2) is 9.97 Å². The lowest BCUT2D eigenvalue weighted by Gasteiger charge is -2.02. The van der Waals surface area contributed by atoms with Crippen LogP contribution in [0, 0.1) is 13.8 Å². The summed E-state index contributed by atoms with van der Waals surface area (Å²) in [6.07, 6.45) is 1.80. The van der Waals surface area contributed by atoms with Gasteiger partial charge < -0.3 is 0 Å². The number of hydrogen-bond donors (Lipinski definition) is 0. The molecular weight excluding hydrogens is 294 g/mol. The molecule has 2 heterocycles. The number of hydrogen-bond acceptors (Lipinski definition) is 5. The second-order valence-corrected chi connectivity index (χ2v) is 5.74. The SMILES string of the molecule is Cc1nsc(Sc2nccc(C)c2Br)n1. The van der Waals surface area contributed by atoms with Gasteiger partial charge in [0.2, 0.25) is 0 Å². The topological polar surface area (TPSA) is 38.7 Å². The van der Waals surface area contributed by atoms with Crippen molar-refractivity contribution in [2.45, 2.75) is 23.2 Å². The van der Waals surface area contributed by atoms with Gasteiger partial charge >= 0.3 is 0 Å². The Kier molecular flexibility index (Phi) is 3.38. The van der Waals surface area contributed by atoms with Gasteiger partial charge in [0.1, 0.15) is 10.9 Å². The normalized spacial score (nSPS) is 10.6. The molecule has 6 heteroatoms. The molecule has 0 atom stereocenters. The molecule has 0 radical (unpaired) electrons. The van der Waals surface area contributed by atoms with Gasteiger partial charge in [-0.15, -0.1) is 0 Å². The molecule has 0 aliphatic rings. The van der Waals surface area contributed by atoms with Crippen LogP contribution in [-0.2, 0) is 0 Å². The highest BCUT2D eigenvalue weighted by Crippen LogP contribution is 2.33. The summed E-state index contributed by atoms with van der Waals surface area (Å²) in [5.41, 5.74) is 1.17. The van der Waals surface area contributed by atoms with Crippen molar-refractivity contribution in [3.8, 4) is 0 Å². The Balaban J connectivity index is 2.28. The molecule has 2 rings (SSSR count). The predicted octanol–water partition coefficient (Wildman–Crippen LogP) is 3.46. The van der Waals surface area contributed by atoms with Gasteiger partial charge in [-0.1, -0.05) is 0 Å². The number of halogens is 1. The molecule has 0 fully saturated rings. The van der Waals surface area contributed by atoms with E-state index >= 15 is 0 Å². The molecule has 0 aromatic carbocycles. The summed E-state index contributed by atoms with van der Waals surface area (Å²) < 4.78 is 6.08. The van der Waals surface area contributed by atoms with Crippen molar-refractivity contribution in [2.24, 2.45) is 0 Å². The highest BCUT2D eigenvalue weighted by Gasteiger charge is 2.08. The fraction of sp³-hybridized carbons (Fsp3) is 0.222. The van der Waals surface area contributed by atoms with Crippen molar-refractivity contribution in [3.63, 3.8) is 0 Å². The third kappa shape index (κ3) is 2.56. The number of rotatable bonds is 2. The van der Waals surface area contributed by atoms with Crippen molar-refractivity contribution in [3.05, 3.63) is 28.1 Å². The lowest BCUT2D eigenvalue weighted by atomic mass is 10.3. The average Bonchev–Trinajstić information content (AvgIpc) is 2.59. The summed E-state index contributed by atoms with van der Waals surface area (Å²) in [6.45, 7) is 3.93. The Hall–Kier alpha value is -0.460. The van der Waals surface area contributed by atoms with Crippen LogP contribution >= 0.6 is 39.2 Å². The minimum atomic E-state index is 0.811. The Morgan fingerprint density at radius 3 is 2.87 bits per heavy atom. The van der Waals surface area contributed by atoms with Crippen molar-refractivity contribution in [1.82, 2.24) is 14.3 Å². The van der Waals surface area contributed by atoms with Crippen LogP contribution in [-0.4, -0.2) is 14.3 Å². The fourth-order valence-electron chi connectivity index (χ4n) is 0.989. The molecule has 0 aliphatic carbocycles. The van der Waals surface area contributed by atoms with Crippen LogP contribution in [0.1, 0.15) is 11.4 Å². The van der Waals surface area contributed by atoms with E-state index in [0.29, 0.717) is 0 Å². The van der Waals surface area contributed by atoms with E-state index in [9.17, 15) is 0 Å². The summed E-state index contributed by atoms with van der Waals surface area (Å²) in [6, 6.07) is 1.97. The summed E-state index contributed by atoms with van der Waals surface area (Å²) in [7, 11) is 0. The molecular formula is C9H8BrN3S2. The zero-order valence-electron chi connectivity index (χ0n) is 8.19. The van der Waals surface area contributed by atoms with Gasteiger partial charge in [0.15, 0.2) is 4.34 Å². The van der Waals surface area contributed by atoms with Crippen molar-refractivity contribution < 1.29 is 0 Å². The van der Waals surface area contributed by atoms with E-state index in [1.54, 1.807) is 6.20 Å². The maximum Gasteiger partial charge on any atom is 0.176 e. The standard InChI is InChI=1S/C9H8BrN3S2/c1-5-3-4-11-8(7(5)10)14-9-12-6(2)13-15-9/h3-4H,1-2H3. The molecule has 0 spiro atoms. The maximum atomic E-state index is 4.30. The Morgan fingerprint density at radius 2 is 2.20 bits per heavy atom. The molecule has 0 saturated heterocycles. The van der Waals surface area contributed by atoms with E-state index in [1.165, 1.54) is 28.9 Å². The van der Waals surface area contributed by atoms with Gasteiger partial charge in [-0.05, 0) is 64.7 Å². The van der Waals surface area contributed by atoms with Crippen LogP contribution in [0.15, 0.2) is 26.1 Å². The lowest BCUT2D eigenvalue weighted by Crippen LogP contribution is -1.84. The fourth-order valence-corrected chi connectivity index (χ4v) is 3.09. The maximum absolute atomic E-state index is 4.30. The molecule has 0 saturated carbocycles. The first-order valence-corrected chi connectivity index (χ1v) is 6.64. The van der Waals surface area contributed by atoms with E-state index < -0.39 is 0 Å². The van der Waals surface area contributed by atoms with Crippen molar-refractivity contribution in [1.29, 1.82) is 0 Å². The third-order valence-electron chi connectivity index (χ3n) is 1.74. The van der Waals surface area contributed by atoms with E-state index in [4.69, 9.17) is 0 Å². The molecule has 0 aliphatic heterocycles. The molecule has 3 nitrogen and oxygen atoms in total. The number of aromatic nitrogens is 3. The minimum Gasteiger partial charge on any atom is -0.248 e. The van der Waals surface area contributed by atoms with Crippen LogP contribution in [0.4, 0.5) is 0 Å². The van der Waals surface area contributed by atoms with E-state index in [2.05, 4.69) is 30.3 Å². The van der Waals surface area contributed by atoms with Crippen LogP contribution < -0.4 is 0 Å². The summed E-state index contributed by atoms with van der Waals surface area (Å²) >= 11 is 6.45. The largest absolute Gasteiger partial charge is 0.248 e. The molecule has 0 unspecified atom stereocenters. The van der Waals surface area contributed by atoms with Gasteiger partial charge in [0, 0.05) is 6.20 Å². The zero-order chi connectivity index (χ0) is 10.8. The average molecular weight is 302 g/mol. The van der Waals surface area contributed by atoms with Crippen molar-refractivity contribution in [2.75, 3.05) is 0 Å². The first-order valence-electron chi connectivity index (χ1n) is 4.26. The Labute approximate surface area is 105 Å².